The average Bonchev–Trinajstić information content (AvgIpc) is 3.18. The smallest absolute Gasteiger partial charge is 0.220 e. The third-order valence-corrected chi connectivity index (χ3v) is 4.17. The number of carbonyl (C=O) groups is 1. The number of rotatable bonds is 6. The molecule has 0 radical (unpaired) electrons. The molecule has 1 saturated heterocycles. The maximum absolute atomic E-state index is 12.0. The van der Waals surface area contributed by atoms with Crippen LogP contribution in [0.25, 0.3) is 5.69 Å². The van der Waals surface area contributed by atoms with Gasteiger partial charge < -0.3 is 20.3 Å². The molecule has 0 aliphatic carbocycles. The number of nitrogens with one attached hydrogen (secondary N) is 2. The highest BCUT2D eigenvalue weighted by atomic mass is 16.3. The number of hydrogen-bond acceptors (Lipinski definition) is 4. The summed E-state index contributed by atoms with van der Waals surface area (Å²) < 4.78 is 2.02. The van der Waals surface area contributed by atoms with Gasteiger partial charge in [-0.25, -0.2) is 4.98 Å². The number of aliphatic hydroxyl groups excluding tert-OH is 1. The van der Waals surface area contributed by atoms with Crippen molar-refractivity contribution in [3.8, 4) is 5.69 Å². The summed E-state index contributed by atoms with van der Waals surface area (Å²) in [6.45, 7) is 1.82. The first-order valence-corrected chi connectivity index (χ1v) is 7.97. The largest absolute Gasteiger partial charge is 0.391 e. The summed E-state index contributed by atoms with van der Waals surface area (Å²) in [5.41, 5.74) is 1.06. The van der Waals surface area contributed by atoms with E-state index in [1.807, 2.05) is 41.1 Å². The van der Waals surface area contributed by atoms with E-state index >= 15 is 0 Å². The molecule has 1 aliphatic rings. The predicted octanol–water partition coefficient (Wildman–Crippen LogP) is 0.501. The Kier molecular flexibility index (Phi) is 5.05. The van der Waals surface area contributed by atoms with Crippen LogP contribution >= 0.6 is 0 Å². The second-order valence-corrected chi connectivity index (χ2v) is 5.84. The van der Waals surface area contributed by atoms with Crippen LogP contribution in [0.4, 0.5) is 0 Å². The highest BCUT2D eigenvalue weighted by molar-refractivity contribution is 5.76. The van der Waals surface area contributed by atoms with Crippen molar-refractivity contribution in [1.82, 2.24) is 20.2 Å². The standard InChI is InChI=1S/C17H22N4O2/c22-15-12-18-11-13(15)10-17(23)20-7-6-16-19-8-9-21(16)14-4-2-1-3-5-14/h1-5,8-9,13,15,18,22H,6-7,10-12H2,(H,20,23)/t13-,15-/m1/s1. The van der Waals surface area contributed by atoms with Crippen LogP contribution in [0.2, 0.25) is 0 Å². The lowest BCUT2D eigenvalue weighted by atomic mass is 10.0. The minimum Gasteiger partial charge on any atom is -0.391 e. The molecule has 0 spiro atoms. The summed E-state index contributed by atoms with van der Waals surface area (Å²) in [4.78, 5) is 16.3. The Labute approximate surface area is 135 Å². The molecule has 122 valence electrons. The van der Waals surface area contributed by atoms with Gasteiger partial charge in [-0.2, -0.15) is 0 Å². The molecule has 3 rings (SSSR count). The molecule has 23 heavy (non-hydrogen) atoms. The molecular formula is C17H22N4O2. The molecule has 1 amide bonds. The van der Waals surface area contributed by atoms with Crippen molar-refractivity contribution in [2.45, 2.75) is 18.9 Å². The Hall–Kier alpha value is -2.18. The van der Waals surface area contributed by atoms with Gasteiger partial charge in [0.1, 0.15) is 5.82 Å². The van der Waals surface area contributed by atoms with E-state index in [0.29, 0.717) is 32.5 Å². The lowest BCUT2D eigenvalue weighted by Crippen LogP contribution is -2.31. The summed E-state index contributed by atoms with van der Waals surface area (Å²) in [5.74, 6) is 0.913. The van der Waals surface area contributed by atoms with Gasteiger partial charge in [-0.3, -0.25) is 4.79 Å². The zero-order valence-electron chi connectivity index (χ0n) is 13.0. The molecular weight excluding hydrogens is 292 g/mol. The van der Waals surface area contributed by atoms with Gasteiger partial charge >= 0.3 is 0 Å². The molecule has 0 unspecified atom stereocenters. The Morgan fingerprint density at radius 1 is 1.35 bits per heavy atom. The van der Waals surface area contributed by atoms with Gasteiger partial charge in [0, 0.05) is 56.5 Å². The Bertz CT molecular complexity index is 641. The van der Waals surface area contributed by atoms with Crippen LogP contribution in [-0.2, 0) is 11.2 Å². The van der Waals surface area contributed by atoms with Crippen LogP contribution in [0.3, 0.4) is 0 Å². The van der Waals surface area contributed by atoms with Crippen molar-refractivity contribution in [2.24, 2.45) is 5.92 Å². The number of nitrogens with zero attached hydrogens (tertiary/aromatic N) is 2. The van der Waals surface area contributed by atoms with Crippen molar-refractivity contribution >= 4 is 5.91 Å². The van der Waals surface area contributed by atoms with Crippen molar-refractivity contribution in [1.29, 1.82) is 0 Å². The summed E-state index contributed by atoms with van der Waals surface area (Å²) in [5, 5.41) is 15.7. The maximum atomic E-state index is 12.0. The SMILES string of the molecule is O=C(C[C@@H]1CNC[C@H]1O)NCCc1nccn1-c1ccccc1. The minimum atomic E-state index is -0.419. The number of aliphatic hydroxyl groups is 1. The third kappa shape index (κ3) is 3.97. The highest BCUT2D eigenvalue weighted by Crippen LogP contribution is 2.13. The number of hydrogen-bond donors (Lipinski definition) is 3. The number of para-hydroxylation sites is 1. The number of β-amino-alcohol motifs (C(OH)–C–C–N with tert-alkyl or cyclic N) is 1. The Morgan fingerprint density at radius 3 is 2.91 bits per heavy atom. The van der Waals surface area contributed by atoms with Gasteiger partial charge in [0.15, 0.2) is 0 Å². The van der Waals surface area contributed by atoms with Crippen LogP contribution in [0.15, 0.2) is 42.7 Å². The topological polar surface area (TPSA) is 79.2 Å². The van der Waals surface area contributed by atoms with Gasteiger partial charge in [0.05, 0.1) is 6.10 Å². The van der Waals surface area contributed by atoms with E-state index in [9.17, 15) is 9.90 Å². The zero-order valence-corrected chi connectivity index (χ0v) is 13.0. The normalized spacial score (nSPS) is 20.6. The third-order valence-electron chi connectivity index (χ3n) is 4.17. The van der Waals surface area contributed by atoms with E-state index in [1.165, 1.54) is 0 Å². The second-order valence-electron chi connectivity index (χ2n) is 5.84. The molecule has 1 aromatic heterocycles. The first-order chi connectivity index (χ1) is 11.2. The molecule has 2 heterocycles. The number of benzene rings is 1. The molecule has 1 fully saturated rings. The maximum Gasteiger partial charge on any atom is 0.220 e. The molecule has 1 aliphatic heterocycles. The molecule has 6 nitrogen and oxygen atoms in total. The zero-order chi connectivity index (χ0) is 16.1. The van der Waals surface area contributed by atoms with Gasteiger partial charge in [-0.05, 0) is 12.1 Å². The molecule has 2 atom stereocenters. The van der Waals surface area contributed by atoms with Gasteiger partial charge in [0.25, 0.3) is 0 Å². The summed E-state index contributed by atoms with van der Waals surface area (Å²) >= 11 is 0. The Balaban J connectivity index is 1.50. The molecule has 3 N–H and O–H groups in total. The lowest BCUT2D eigenvalue weighted by Gasteiger charge is -2.13. The molecule has 0 bridgehead atoms. The molecule has 2 aromatic rings. The van der Waals surface area contributed by atoms with Crippen molar-refractivity contribution in [3.63, 3.8) is 0 Å². The fourth-order valence-corrected chi connectivity index (χ4v) is 2.89. The van der Waals surface area contributed by atoms with Crippen molar-refractivity contribution in [3.05, 3.63) is 48.5 Å². The summed E-state index contributed by atoms with van der Waals surface area (Å²) in [6, 6.07) is 10.0. The first kappa shape index (κ1) is 15.7. The van der Waals surface area contributed by atoms with Crippen LogP contribution in [0, 0.1) is 5.92 Å². The van der Waals surface area contributed by atoms with Crippen LogP contribution in [-0.4, -0.2) is 46.3 Å². The number of aromatic nitrogens is 2. The molecule has 0 saturated carbocycles. The van der Waals surface area contributed by atoms with Crippen LogP contribution in [0.1, 0.15) is 12.2 Å². The number of imidazole rings is 1. The number of amides is 1. The summed E-state index contributed by atoms with van der Waals surface area (Å²) in [6.07, 6.45) is 4.30. The van der Waals surface area contributed by atoms with E-state index in [4.69, 9.17) is 0 Å². The fourth-order valence-electron chi connectivity index (χ4n) is 2.89. The minimum absolute atomic E-state index is 0.0151. The van der Waals surface area contributed by atoms with Crippen LogP contribution < -0.4 is 10.6 Å². The van der Waals surface area contributed by atoms with E-state index in [0.717, 1.165) is 11.5 Å². The number of carbonyl (C=O) groups excluding carboxylic acids is 1. The van der Waals surface area contributed by atoms with E-state index in [2.05, 4.69) is 15.6 Å². The van der Waals surface area contributed by atoms with Crippen LogP contribution in [0.5, 0.6) is 0 Å². The first-order valence-electron chi connectivity index (χ1n) is 7.97. The molecule has 6 heteroatoms. The van der Waals surface area contributed by atoms with Gasteiger partial charge in [-0.15, -0.1) is 0 Å². The van der Waals surface area contributed by atoms with Crippen molar-refractivity contribution < 1.29 is 9.90 Å². The second kappa shape index (κ2) is 7.39. The predicted molar refractivity (Wildman–Crippen MR) is 87.3 cm³/mol. The van der Waals surface area contributed by atoms with E-state index < -0.39 is 6.10 Å². The Morgan fingerprint density at radius 2 is 2.17 bits per heavy atom. The van der Waals surface area contributed by atoms with Crippen molar-refractivity contribution in [2.75, 3.05) is 19.6 Å². The van der Waals surface area contributed by atoms with E-state index in [1.54, 1.807) is 6.20 Å². The molecule has 1 aromatic carbocycles. The summed E-state index contributed by atoms with van der Waals surface area (Å²) in [7, 11) is 0. The van der Waals surface area contributed by atoms with Gasteiger partial charge in [0.2, 0.25) is 5.91 Å². The monoisotopic (exact) mass is 314 g/mol. The van der Waals surface area contributed by atoms with E-state index in [-0.39, 0.29) is 11.8 Å². The average molecular weight is 314 g/mol. The fraction of sp³-hybridized carbons (Fsp3) is 0.412. The quantitative estimate of drug-likeness (QED) is 0.725. The van der Waals surface area contributed by atoms with Gasteiger partial charge in [-0.1, -0.05) is 18.2 Å². The highest BCUT2D eigenvalue weighted by Gasteiger charge is 2.26. The lowest BCUT2D eigenvalue weighted by molar-refractivity contribution is -0.122.